The van der Waals surface area contributed by atoms with Gasteiger partial charge in [0.15, 0.2) is 11.5 Å². The molecule has 0 atom stereocenters. The van der Waals surface area contributed by atoms with Gasteiger partial charge >= 0.3 is 24.3 Å². The molecule has 2 heterocycles. The van der Waals surface area contributed by atoms with Gasteiger partial charge < -0.3 is 30.0 Å². The Bertz CT molecular complexity index is 1290. The van der Waals surface area contributed by atoms with Crippen LogP contribution < -0.4 is 14.8 Å². The number of hydrogen-bond acceptors (Lipinski definition) is 6. The highest BCUT2D eigenvalue weighted by Crippen LogP contribution is 2.34. The van der Waals surface area contributed by atoms with Gasteiger partial charge in [0.05, 0.1) is 25.3 Å². The van der Waals surface area contributed by atoms with Crippen LogP contribution in [0.5, 0.6) is 11.5 Å². The van der Waals surface area contributed by atoms with E-state index in [0.717, 1.165) is 41.3 Å². The molecule has 0 unspecified atom stereocenters. The van der Waals surface area contributed by atoms with E-state index in [2.05, 4.69) is 29.4 Å². The average Bonchev–Trinajstić information content (AvgIpc) is 3.33. The summed E-state index contributed by atoms with van der Waals surface area (Å²) in [5, 5.41) is 17.7. The van der Waals surface area contributed by atoms with Crippen LogP contribution in [0.4, 0.5) is 26.3 Å². The third-order valence-electron chi connectivity index (χ3n) is 5.75. The molecule has 1 saturated heterocycles. The number of aromatic amines is 1. The van der Waals surface area contributed by atoms with Gasteiger partial charge in [-0.05, 0) is 74.2 Å². The van der Waals surface area contributed by atoms with Crippen molar-refractivity contribution in [2.75, 3.05) is 27.3 Å². The standard InChI is InChI=1S/C21H25N3O2.2C2HF3O2/c1-13-10-16(14-6-8-22-9-7-14)11-17-20(13)24-21(23-17)15-4-5-18(25-2)19(12-15)26-3;2*3-2(4,5)1(6)7/h4-5,10-12,14,22H,6-9H2,1-3H3,(H,23,24);2*(H,6,7). The number of methoxy groups -OCH3 is 2. The second kappa shape index (κ2) is 13.4. The third kappa shape index (κ3) is 8.76. The van der Waals surface area contributed by atoms with Crippen molar-refractivity contribution >= 4 is 23.0 Å². The lowest BCUT2D eigenvalue weighted by atomic mass is 9.89. The average molecular weight is 579 g/mol. The van der Waals surface area contributed by atoms with Gasteiger partial charge in [-0.15, -0.1) is 0 Å². The number of alkyl halides is 6. The molecule has 0 saturated carbocycles. The fraction of sp³-hybridized carbons (Fsp3) is 0.400. The molecule has 3 aromatic rings. The van der Waals surface area contributed by atoms with Crippen LogP contribution in [0.1, 0.15) is 29.9 Å². The molecule has 15 heteroatoms. The number of aromatic nitrogens is 2. The lowest BCUT2D eigenvalue weighted by Gasteiger charge is -2.23. The van der Waals surface area contributed by atoms with E-state index >= 15 is 0 Å². The van der Waals surface area contributed by atoms with Crippen LogP contribution in [0, 0.1) is 6.92 Å². The minimum Gasteiger partial charge on any atom is -0.493 e. The number of rotatable bonds is 4. The highest BCUT2D eigenvalue weighted by atomic mass is 19.4. The number of ether oxygens (including phenoxy) is 2. The van der Waals surface area contributed by atoms with Crippen LogP contribution >= 0.6 is 0 Å². The largest absolute Gasteiger partial charge is 0.493 e. The maximum atomic E-state index is 10.6. The quantitative estimate of drug-likeness (QED) is 0.307. The van der Waals surface area contributed by atoms with E-state index in [1.807, 2.05) is 18.2 Å². The smallest absolute Gasteiger partial charge is 0.490 e. The van der Waals surface area contributed by atoms with E-state index in [1.54, 1.807) is 14.2 Å². The predicted molar refractivity (Wildman–Crippen MR) is 132 cm³/mol. The van der Waals surface area contributed by atoms with Gasteiger partial charge in [0, 0.05) is 5.56 Å². The van der Waals surface area contributed by atoms with Crippen molar-refractivity contribution in [2.45, 2.75) is 38.0 Å². The molecule has 9 nitrogen and oxygen atoms in total. The van der Waals surface area contributed by atoms with Crippen molar-refractivity contribution in [3.63, 3.8) is 0 Å². The summed E-state index contributed by atoms with van der Waals surface area (Å²) < 4.78 is 74.2. The van der Waals surface area contributed by atoms with Crippen LogP contribution in [0.25, 0.3) is 22.4 Å². The summed E-state index contributed by atoms with van der Waals surface area (Å²) >= 11 is 0. The Morgan fingerprint density at radius 1 is 0.900 bits per heavy atom. The van der Waals surface area contributed by atoms with E-state index < -0.39 is 24.3 Å². The number of aliphatic carboxylic acids is 2. The number of H-pyrrole nitrogens is 1. The molecule has 0 amide bonds. The number of carboxylic acid groups (broad SMARTS) is 2. The molecule has 1 aliphatic heterocycles. The molecule has 220 valence electrons. The maximum Gasteiger partial charge on any atom is 0.490 e. The lowest BCUT2D eigenvalue weighted by molar-refractivity contribution is -0.193. The number of halogens is 6. The molecular weight excluding hydrogens is 552 g/mol. The molecule has 1 aromatic heterocycles. The van der Waals surface area contributed by atoms with Gasteiger partial charge in [0.2, 0.25) is 0 Å². The Hall–Kier alpha value is -4.01. The van der Waals surface area contributed by atoms with Crippen LogP contribution in [-0.2, 0) is 9.59 Å². The van der Waals surface area contributed by atoms with Gasteiger partial charge in [0.1, 0.15) is 5.82 Å². The van der Waals surface area contributed by atoms with Gasteiger partial charge in [-0.3, -0.25) is 0 Å². The topological polar surface area (TPSA) is 134 Å². The fourth-order valence-corrected chi connectivity index (χ4v) is 3.83. The van der Waals surface area contributed by atoms with Crippen molar-refractivity contribution in [3.8, 4) is 22.9 Å². The summed E-state index contributed by atoms with van der Waals surface area (Å²) in [5.41, 5.74) is 5.76. The van der Waals surface area contributed by atoms with E-state index in [1.165, 1.54) is 24.0 Å². The first kappa shape index (κ1) is 32.2. The fourth-order valence-electron chi connectivity index (χ4n) is 3.83. The number of imidazole rings is 1. The highest BCUT2D eigenvalue weighted by Gasteiger charge is 2.38. The Labute approximate surface area is 224 Å². The summed E-state index contributed by atoms with van der Waals surface area (Å²) in [6.07, 6.45) is -7.77. The molecule has 1 aliphatic rings. The first-order chi connectivity index (χ1) is 18.6. The molecule has 4 N–H and O–H groups in total. The zero-order chi connectivity index (χ0) is 30.3. The number of benzene rings is 2. The number of carbonyl (C=O) groups is 2. The SMILES string of the molecule is COc1ccc(-c2nc3c(C)cc(C4CCNCC4)cc3[nH]2)cc1OC.O=C(O)C(F)(F)F.O=C(O)C(F)(F)F. The summed E-state index contributed by atoms with van der Waals surface area (Å²) in [7, 11) is 3.29. The second-order valence-electron chi connectivity index (χ2n) is 8.52. The van der Waals surface area contributed by atoms with Crippen LogP contribution in [0.2, 0.25) is 0 Å². The number of hydrogen-bond donors (Lipinski definition) is 4. The van der Waals surface area contributed by atoms with Crippen molar-refractivity contribution in [2.24, 2.45) is 0 Å². The van der Waals surface area contributed by atoms with E-state index in [4.69, 9.17) is 34.3 Å². The molecule has 0 aliphatic carbocycles. The zero-order valence-corrected chi connectivity index (χ0v) is 21.5. The van der Waals surface area contributed by atoms with Crippen molar-refractivity contribution in [1.29, 1.82) is 0 Å². The van der Waals surface area contributed by atoms with Gasteiger partial charge in [0.25, 0.3) is 0 Å². The molecule has 0 radical (unpaired) electrons. The number of piperidine rings is 1. The van der Waals surface area contributed by atoms with E-state index in [9.17, 15) is 26.3 Å². The highest BCUT2D eigenvalue weighted by molar-refractivity contribution is 5.83. The van der Waals surface area contributed by atoms with Crippen molar-refractivity contribution in [1.82, 2.24) is 15.3 Å². The van der Waals surface area contributed by atoms with Crippen LogP contribution in [0.15, 0.2) is 30.3 Å². The number of nitrogens with zero attached hydrogens (tertiary/aromatic N) is 1. The normalized spacial score (nSPS) is 13.9. The predicted octanol–water partition coefficient (Wildman–Crippen LogP) is 5.29. The van der Waals surface area contributed by atoms with Gasteiger partial charge in [-0.1, -0.05) is 6.07 Å². The lowest BCUT2D eigenvalue weighted by Crippen LogP contribution is -2.26. The molecular formula is C25H27F6N3O6. The molecule has 0 spiro atoms. The third-order valence-corrected chi connectivity index (χ3v) is 5.75. The summed E-state index contributed by atoms with van der Waals surface area (Å²) in [6, 6.07) is 10.4. The first-order valence-corrected chi connectivity index (χ1v) is 11.6. The number of nitrogens with one attached hydrogen (secondary N) is 2. The molecule has 1 fully saturated rings. The second-order valence-corrected chi connectivity index (χ2v) is 8.52. The Morgan fingerprint density at radius 3 is 1.90 bits per heavy atom. The zero-order valence-electron chi connectivity index (χ0n) is 21.5. The minimum absolute atomic E-state index is 0.632. The van der Waals surface area contributed by atoms with Gasteiger partial charge in [-0.2, -0.15) is 26.3 Å². The minimum atomic E-state index is -5.08. The van der Waals surface area contributed by atoms with Crippen molar-refractivity contribution in [3.05, 3.63) is 41.5 Å². The maximum absolute atomic E-state index is 10.6. The molecule has 4 rings (SSSR count). The molecule has 0 bridgehead atoms. The number of aryl methyl sites for hydroxylation is 1. The number of fused-ring (bicyclic) bond motifs is 1. The van der Waals surface area contributed by atoms with Crippen LogP contribution in [0.3, 0.4) is 0 Å². The van der Waals surface area contributed by atoms with Gasteiger partial charge in [-0.25, -0.2) is 14.6 Å². The number of carboxylic acids is 2. The van der Waals surface area contributed by atoms with E-state index in [0.29, 0.717) is 11.7 Å². The molecule has 2 aromatic carbocycles. The van der Waals surface area contributed by atoms with Crippen molar-refractivity contribution < 1.29 is 55.6 Å². The Kier molecular flexibility index (Phi) is 10.8. The summed E-state index contributed by atoms with van der Waals surface area (Å²) in [5.74, 6) is -2.60. The molecule has 40 heavy (non-hydrogen) atoms. The first-order valence-electron chi connectivity index (χ1n) is 11.6. The Balaban J connectivity index is 0.000000333. The Morgan fingerprint density at radius 2 is 1.43 bits per heavy atom. The summed E-state index contributed by atoms with van der Waals surface area (Å²) in [6.45, 7) is 4.34. The van der Waals surface area contributed by atoms with E-state index in [-0.39, 0.29) is 0 Å². The monoisotopic (exact) mass is 579 g/mol. The van der Waals surface area contributed by atoms with Crippen LogP contribution in [-0.4, -0.2) is 71.8 Å². The summed E-state index contributed by atoms with van der Waals surface area (Å²) in [4.78, 5) is 26.1.